The lowest BCUT2D eigenvalue weighted by atomic mass is 10.2. The third kappa shape index (κ3) is 4.10. The Morgan fingerprint density at radius 1 is 1.00 bits per heavy atom. The van der Waals surface area contributed by atoms with Crippen molar-refractivity contribution in [1.29, 1.82) is 0 Å². The molecule has 0 radical (unpaired) electrons. The average Bonchev–Trinajstić information content (AvgIpc) is 3.07. The zero-order valence-corrected chi connectivity index (χ0v) is 14.7. The quantitative estimate of drug-likeness (QED) is 0.739. The summed E-state index contributed by atoms with van der Waals surface area (Å²) in [5.74, 6) is -0.533. The Kier molecular flexibility index (Phi) is 4.92. The van der Waals surface area contributed by atoms with Gasteiger partial charge in [-0.2, -0.15) is 0 Å². The van der Waals surface area contributed by atoms with Gasteiger partial charge in [0.05, 0.1) is 11.4 Å². The van der Waals surface area contributed by atoms with Gasteiger partial charge >= 0.3 is 0 Å². The van der Waals surface area contributed by atoms with Crippen molar-refractivity contribution in [2.75, 3.05) is 5.32 Å². The Bertz CT molecular complexity index is 998. The summed E-state index contributed by atoms with van der Waals surface area (Å²) >= 11 is 6.03. The Balaban J connectivity index is 1.76. The molecule has 5 nitrogen and oxygen atoms in total. The first-order chi connectivity index (χ1) is 12.0. The lowest BCUT2D eigenvalue weighted by Gasteiger charge is -2.07. The van der Waals surface area contributed by atoms with Gasteiger partial charge in [0.25, 0.3) is 5.91 Å². The molecule has 3 aromatic rings. The fourth-order valence-electron chi connectivity index (χ4n) is 2.30. The number of nitrogens with one attached hydrogen (secondary N) is 1. The third-order valence-corrected chi connectivity index (χ3v) is 5.49. The van der Waals surface area contributed by atoms with Gasteiger partial charge in [-0.15, -0.1) is 0 Å². The topological polar surface area (TPSA) is 68.2 Å². The van der Waals surface area contributed by atoms with Crippen LogP contribution >= 0.6 is 11.6 Å². The monoisotopic (exact) mass is 374 g/mol. The highest BCUT2D eigenvalue weighted by Gasteiger charge is 2.17. The van der Waals surface area contributed by atoms with Crippen molar-refractivity contribution < 1.29 is 13.2 Å². The van der Waals surface area contributed by atoms with E-state index in [2.05, 4.69) is 5.32 Å². The molecule has 0 saturated heterocycles. The Labute approximate surface area is 150 Å². The minimum Gasteiger partial charge on any atom is -0.321 e. The van der Waals surface area contributed by atoms with Crippen LogP contribution in [-0.2, 0) is 15.8 Å². The van der Waals surface area contributed by atoms with E-state index in [1.54, 1.807) is 48.5 Å². The average molecular weight is 375 g/mol. The van der Waals surface area contributed by atoms with Gasteiger partial charge in [0.1, 0.15) is 0 Å². The molecule has 7 heteroatoms. The van der Waals surface area contributed by atoms with Crippen LogP contribution in [0, 0.1) is 0 Å². The number of amides is 1. The zero-order chi connectivity index (χ0) is 17.9. The van der Waals surface area contributed by atoms with Gasteiger partial charge in [-0.05, 0) is 29.8 Å². The van der Waals surface area contributed by atoms with Crippen molar-refractivity contribution in [2.45, 2.75) is 5.75 Å². The molecule has 3 rings (SSSR count). The number of aromatic nitrogens is 1. The van der Waals surface area contributed by atoms with Crippen LogP contribution in [0.4, 0.5) is 5.69 Å². The largest absolute Gasteiger partial charge is 0.321 e. The van der Waals surface area contributed by atoms with E-state index in [0.717, 1.165) is 3.97 Å². The van der Waals surface area contributed by atoms with E-state index in [9.17, 15) is 13.2 Å². The molecule has 0 atom stereocenters. The lowest BCUT2D eigenvalue weighted by Crippen LogP contribution is -2.14. The zero-order valence-electron chi connectivity index (χ0n) is 13.1. The third-order valence-electron chi connectivity index (χ3n) is 3.58. The van der Waals surface area contributed by atoms with Gasteiger partial charge in [0.15, 0.2) is 0 Å². The van der Waals surface area contributed by atoms with E-state index in [1.807, 2.05) is 6.07 Å². The van der Waals surface area contributed by atoms with E-state index < -0.39 is 10.0 Å². The second-order valence-corrected chi connectivity index (χ2v) is 7.68. The first-order valence-electron chi connectivity index (χ1n) is 7.47. The molecular formula is C18H15ClN2O3S. The maximum Gasteiger partial charge on any atom is 0.255 e. The predicted molar refractivity (Wildman–Crippen MR) is 98.3 cm³/mol. The second kappa shape index (κ2) is 7.13. The fraction of sp³-hybridized carbons (Fsp3) is 0.0556. The standard InChI is InChI=1S/C18H15ClN2O3S/c19-17-9-5-4-8-15(17)13-25(23,24)21-11-10-16(12-21)20-18(22)14-6-2-1-3-7-14/h1-12H,13H2,(H,20,22). The summed E-state index contributed by atoms with van der Waals surface area (Å²) in [4.78, 5) is 12.1. The SMILES string of the molecule is O=C(Nc1ccn(S(=O)(=O)Cc2ccccc2Cl)c1)c1ccccc1. The Hall–Kier alpha value is -2.57. The van der Waals surface area contributed by atoms with Crippen molar-refractivity contribution in [3.05, 3.63) is 89.2 Å². The van der Waals surface area contributed by atoms with E-state index in [1.165, 1.54) is 18.5 Å². The number of carbonyl (C=O) groups is 1. The van der Waals surface area contributed by atoms with Crippen molar-refractivity contribution in [1.82, 2.24) is 3.97 Å². The molecule has 0 fully saturated rings. The number of benzene rings is 2. The number of rotatable bonds is 5. The molecule has 0 saturated carbocycles. The summed E-state index contributed by atoms with van der Waals surface area (Å²) in [6.07, 6.45) is 2.76. The van der Waals surface area contributed by atoms with Gasteiger partial charge < -0.3 is 5.32 Å². The summed E-state index contributed by atoms with van der Waals surface area (Å²) in [6, 6.07) is 17.0. The highest BCUT2D eigenvalue weighted by molar-refractivity contribution is 7.89. The molecule has 0 aliphatic heterocycles. The molecule has 0 aliphatic rings. The van der Waals surface area contributed by atoms with Crippen molar-refractivity contribution in [3.63, 3.8) is 0 Å². The van der Waals surface area contributed by atoms with Crippen LogP contribution in [-0.4, -0.2) is 18.3 Å². The molecule has 128 valence electrons. The Morgan fingerprint density at radius 3 is 2.40 bits per heavy atom. The molecular weight excluding hydrogens is 360 g/mol. The van der Waals surface area contributed by atoms with Crippen LogP contribution in [0.3, 0.4) is 0 Å². The molecule has 1 amide bonds. The summed E-state index contributed by atoms with van der Waals surface area (Å²) in [6.45, 7) is 0. The van der Waals surface area contributed by atoms with E-state index >= 15 is 0 Å². The van der Waals surface area contributed by atoms with Crippen LogP contribution in [0.25, 0.3) is 0 Å². The molecule has 0 unspecified atom stereocenters. The van der Waals surface area contributed by atoms with Crippen LogP contribution < -0.4 is 5.32 Å². The molecule has 1 heterocycles. The van der Waals surface area contributed by atoms with Gasteiger partial charge in [0, 0.05) is 23.0 Å². The highest BCUT2D eigenvalue weighted by atomic mass is 35.5. The highest BCUT2D eigenvalue weighted by Crippen LogP contribution is 2.20. The van der Waals surface area contributed by atoms with Crippen LogP contribution in [0.15, 0.2) is 73.1 Å². The summed E-state index contributed by atoms with van der Waals surface area (Å²) in [5, 5.41) is 3.07. The number of nitrogens with zero attached hydrogens (tertiary/aromatic N) is 1. The first-order valence-corrected chi connectivity index (χ1v) is 9.45. The molecule has 1 aromatic heterocycles. The van der Waals surface area contributed by atoms with Crippen LogP contribution in [0.5, 0.6) is 0 Å². The first kappa shape index (κ1) is 17.3. The van der Waals surface area contributed by atoms with E-state index in [-0.39, 0.29) is 11.7 Å². The summed E-state index contributed by atoms with van der Waals surface area (Å²) in [7, 11) is -3.63. The number of halogens is 1. The van der Waals surface area contributed by atoms with Crippen molar-refractivity contribution >= 4 is 33.2 Å². The molecule has 0 spiro atoms. The van der Waals surface area contributed by atoms with Gasteiger partial charge in [0.2, 0.25) is 10.0 Å². The molecule has 2 aromatic carbocycles. The molecule has 25 heavy (non-hydrogen) atoms. The minimum absolute atomic E-state index is 0.229. The van der Waals surface area contributed by atoms with Gasteiger partial charge in [-0.1, -0.05) is 48.0 Å². The minimum atomic E-state index is -3.63. The maximum atomic E-state index is 12.5. The van der Waals surface area contributed by atoms with E-state index in [4.69, 9.17) is 11.6 Å². The number of carbonyl (C=O) groups excluding carboxylic acids is 1. The van der Waals surface area contributed by atoms with Crippen molar-refractivity contribution in [3.8, 4) is 0 Å². The fourth-order valence-corrected chi connectivity index (χ4v) is 3.90. The summed E-state index contributed by atoms with van der Waals surface area (Å²) < 4.78 is 26.1. The van der Waals surface area contributed by atoms with E-state index in [0.29, 0.717) is 21.8 Å². The number of hydrogen-bond donors (Lipinski definition) is 1. The van der Waals surface area contributed by atoms with Gasteiger partial charge in [-0.25, -0.2) is 8.42 Å². The second-order valence-electron chi connectivity index (χ2n) is 5.40. The lowest BCUT2D eigenvalue weighted by molar-refractivity contribution is 0.102. The molecule has 0 bridgehead atoms. The molecule has 0 aliphatic carbocycles. The van der Waals surface area contributed by atoms with Crippen LogP contribution in [0.2, 0.25) is 5.02 Å². The Morgan fingerprint density at radius 2 is 1.68 bits per heavy atom. The van der Waals surface area contributed by atoms with Gasteiger partial charge in [-0.3, -0.25) is 8.77 Å². The number of anilines is 1. The van der Waals surface area contributed by atoms with Crippen molar-refractivity contribution in [2.24, 2.45) is 0 Å². The maximum absolute atomic E-state index is 12.5. The molecule has 1 N–H and O–H groups in total. The summed E-state index contributed by atoms with van der Waals surface area (Å²) in [5.41, 5.74) is 1.42. The smallest absolute Gasteiger partial charge is 0.255 e. The predicted octanol–water partition coefficient (Wildman–Crippen LogP) is 3.77. The van der Waals surface area contributed by atoms with Crippen LogP contribution in [0.1, 0.15) is 15.9 Å². The number of hydrogen-bond acceptors (Lipinski definition) is 3. The normalized spacial score (nSPS) is 11.2.